The molecule has 2 heterocycles. The summed E-state index contributed by atoms with van der Waals surface area (Å²) in [6, 6.07) is 7.02. The van der Waals surface area contributed by atoms with E-state index in [0.29, 0.717) is 5.02 Å². The predicted molar refractivity (Wildman–Crippen MR) is 90.4 cm³/mol. The second-order valence-electron chi connectivity index (χ2n) is 5.59. The van der Waals surface area contributed by atoms with Gasteiger partial charge in [0.15, 0.2) is 16.9 Å². The largest absolute Gasteiger partial charge is 0.332 e. The molecule has 0 spiro atoms. The van der Waals surface area contributed by atoms with Crippen molar-refractivity contribution in [2.24, 2.45) is 14.1 Å². The van der Waals surface area contributed by atoms with Crippen LogP contribution < -0.4 is 11.2 Å². The highest BCUT2D eigenvalue weighted by molar-refractivity contribution is 6.30. The third-order valence-corrected chi connectivity index (χ3v) is 4.13. The molecule has 3 rings (SSSR count). The Balaban J connectivity index is 1.93. The Morgan fingerprint density at radius 1 is 1.12 bits per heavy atom. The minimum atomic E-state index is -0.468. The van der Waals surface area contributed by atoms with Crippen LogP contribution in [0.25, 0.3) is 11.2 Å². The van der Waals surface area contributed by atoms with Crippen LogP contribution in [0.15, 0.2) is 40.2 Å². The fraction of sp³-hybridized carbons (Fsp3) is 0.250. The molecule has 7 nitrogen and oxygen atoms in total. The lowest BCUT2D eigenvalue weighted by atomic mass is 10.1. The lowest BCUT2D eigenvalue weighted by molar-refractivity contribution is -0.118. The number of rotatable bonds is 4. The van der Waals surface area contributed by atoms with Crippen LogP contribution >= 0.6 is 11.6 Å². The van der Waals surface area contributed by atoms with Crippen molar-refractivity contribution >= 4 is 28.5 Å². The summed E-state index contributed by atoms with van der Waals surface area (Å²) in [5.74, 6) is -0.0764. The van der Waals surface area contributed by atoms with Crippen LogP contribution in [0.3, 0.4) is 0 Å². The molecule has 0 aliphatic heterocycles. The van der Waals surface area contributed by atoms with E-state index in [1.807, 2.05) is 0 Å². The van der Waals surface area contributed by atoms with Gasteiger partial charge < -0.3 is 4.57 Å². The van der Waals surface area contributed by atoms with Gasteiger partial charge in [0.05, 0.1) is 12.9 Å². The van der Waals surface area contributed by atoms with Gasteiger partial charge in [-0.2, -0.15) is 0 Å². The standard InChI is InChI=1S/C16H15ClN4O3/c1-19-14-13(15(23)20(2)16(19)24)21(9-18-14)8-12(22)7-10-3-5-11(17)6-4-10/h3-6,9H,7-8H2,1-2H3. The number of hydrogen-bond donors (Lipinski definition) is 0. The second kappa shape index (κ2) is 6.09. The molecule has 0 aliphatic carbocycles. The van der Waals surface area contributed by atoms with Crippen LogP contribution in [0.2, 0.25) is 5.02 Å². The first-order valence-corrected chi connectivity index (χ1v) is 7.63. The number of halogens is 1. The van der Waals surface area contributed by atoms with Crippen molar-refractivity contribution < 1.29 is 4.79 Å². The summed E-state index contributed by atoms with van der Waals surface area (Å²) in [6.07, 6.45) is 1.63. The molecule has 0 N–H and O–H groups in total. The van der Waals surface area contributed by atoms with Gasteiger partial charge in [-0.25, -0.2) is 9.78 Å². The Morgan fingerprint density at radius 2 is 1.79 bits per heavy atom. The maximum absolute atomic E-state index is 12.3. The summed E-state index contributed by atoms with van der Waals surface area (Å²) in [7, 11) is 2.94. The molecule has 0 saturated heterocycles. The minimum absolute atomic E-state index is 0.00652. The normalized spacial score (nSPS) is 11.1. The number of fused-ring (bicyclic) bond motifs is 1. The van der Waals surface area contributed by atoms with Gasteiger partial charge in [-0.15, -0.1) is 0 Å². The third-order valence-electron chi connectivity index (χ3n) is 3.88. The summed E-state index contributed by atoms with van der Waals surface area (Å²) >= 11 is 5.83. The molecule has 0 atom stereocenters. The monoisotopic (exact) mass is 346 g/mol. The number of Topliss-reactive ketones (excluding diaryl/α,β-unsaturated/α-hetero) is 1. The van der Waals surface area contributed by atoms with Crippen LogP contribution in [0, 0.1) is 0 Å². The van der Waals surface area contributed by atoms with Crippen LogP contribution in [0.5, 0.6) is 0 Å². The number of hydrogen-bond acceptors (Lipinski definition) is 4. The van der Waals surface area contributed by atoms with E-state index < -0.39 is 11.2 Å². The van der Waals surface area contributed by atoms with Gasteiger partial charge in [0.25, 0.3) is 5.56 Å². The molecule has 0 radical (unpaired) electrons. The predicted octanol–water partition coefficient (Wildman–Crippen LogP) is 0.899. The van der Waals surface area contributed by atoms with Crippen molar-refractivity contribution in [2.75, 3.05) is 0 Å². The lowest BCUT2D eigenvalue weighted by Crippen LogP contribution is -2.37. The van der Waals surface area contributed by atoms with Crippen LogP contribution in [0.1, 0.15) is 5.56 Å². The molecule has 3 aromatic rings. The summed E-state index contributed by atoms with van der Waals surface area (Å²) in [5, 5.41) is 0.608. The smallest absolute Gasteiger partial charge is 0.317 e. The molecule has 0 aliphatic rings. The zero-order chi connectivity index (χ0) is 17.4. The number of imidazole rings is 1. The fourth-order valence-electron chi connectivity index (χ4n) is 2.59. The van der Waals surface area contributed by atoms with E-state index in [4.69, 9.17) is 11.6 Å². The van der Waals surface area contributed by atoms with Gasteiger partial charge in [0, 0.05) is 25.5 Å². The molecule has 0 saturated carbocycles. The highest BCUT2D eigenvalue weighted by Gasteiger charge is 2.16. The Morgan fingerprint density at radius 3 is 2.46 bits per heavy atom. The lowest BCUT2D eigenvalue weighted by Gasteiger charge is -2.06. The van der Waals surface area contributed by atoms with E-state index in [1.54, 1.807) is 24.3 Å². The van der Waals surface area contributed by atoms with Crippen molar-refractivity contribution in [1.82, 2.24) is 18.7 Å². The number of ketones is 1. The van der Waals surface area contributed by atoms with Gasteiger partial charge >= 0.3 is 5.69 Å². The van der Waals surface area contributed by atoms with Crippen molar-refractivity contribution in [3.63, 3.8) is 0 Å². The molecular formula is C16H15ClN4O3. The summed E-state index contributed by atoms with van der Waals surface area (Å²) in [6.45, 7) is 0.00652. The summed E-state index contributed by atoms with van der Waals surface area (Å²) < 4.78 is 3.77. The van der Waals surface area contributed by atoms with Crippen molar-refractivity contribution in [3.05, 3.63) is 62.0 Å². The number of nitrogens with zero attached hydrogens (tertiary/aromatic N) is 4. The fourth-order valence-corrected chi connectivity index (χ4v) is 2.72. The SMILES string of the molecule is Cn1c(=O)c2c(ncn2CC(=O)Cc2ccc(Cl)cc2)n(C)c1=O. The second-order valence-corrected chi connectivity index (χ2v) is 6.03. The first kappa shape index (κ1) is 16.2. The molecule has 0 bridgehead atoms. The molecule has 0 amide bonds. The number of aromatic nitrogens is 4. The van der Waals surface area contributed by atoms with E-state index in [9.17, 15) is 14.4 Å². The average Bonchev–Trinajstić information content (AvgIpc) is 2.96. The molecule has 0 unspecified atom stereocenters. The van der Waals surface area contributed by atoms with Gasteiger partial charge in [-0.1, -0.05) is 23.7 Å². The van der Waals surface area contributed by atoms with Crippen LogP contribution in [-0.2, 0) is 31.9 Å². The average molecular weight is 347 g/mol. The van der Waals surface area contributed by atoms with E-state index in [1.165, 1.54) is 29.6 Å². The first-order valence-electron chi connectivity index (χ1n) is 7.25. The number of benzene rings is 1. The van der Waals surface area contributed by atoms with Gasteiger partial charge in [-0.05, 0) is 17.7 Å². The molecule has 24 heavy (non-hydrogen) atoms. The third kappa shape index (κ3) is 2.78. The van der Waals surface area contributed by atoms with E-state index in [-0.39, 0.29) is 29.9 Å². The van der Waals surface area contributed by atoms with Crippen molar-refractivity contribution in [2.45, 2.75) is 13.0 Å². The highest BCUT2D eigenvalue weighted by Crippen LogP contribution is 2.11. The Labute approximate surface area is 141 Å². The Bertz CT molecular complexity index is 1040. The molecular weight excluding hydrogens is 332 g/mol. The summed E-state index contributed by atoms with van der Waals surface area (Å²) in [4.78, 5) is 40.6. The summed E-state index contributed by atoms with van der Waals surface area (Å²) in [5.41, 5.74) is 0.427. The number of aryl methyl sites for hydroxylation is 1. The molecule has 0 fully saturated rings. The Hall–Kier alpha value is -2.67. The van der Waals surface area contributed by atoms with Gasteiger partial charge in [-0.3, -0.25) is 18.7 Å². The Kier molecular flexibility index (Phi) is 4.11. The highest BCUT2D eigenvalue weighted by atomic mass is 35.5. The van der Waals surface area contributed by atoms with E-state index in [0.717, 1.165) is 10.1 Å². The van der Waals surface area contributed by atoms with E-state index in [2.05, 4.69) is 4.98 Å². The van der Waals surface area contributed by atoms with Crippen LogP contribution in [-0.4, -0.2) is 24.5 Å². The zero-order valence-corrected chi connectivity index (χ0v) is 13.9. The molecule has 8 heteroatoms. The zero-order valence-electron chi connectivity index (χ0n) is 13.2. The number of carbonyl (C=O) groups excluding carboxylic acids is 1. The topological polar surface area (TPSA) is 78.9 Å². The minimum Gasteiger partial charge on any atom is -0.317 e. The van der Waals surface area contributed by atoms with Gasteiger partial charge in [0.1, 0.15) is 0 Å². The van der Waals surface area contributed by atoms with Crippen molar-refractivity contribution in [1.29, 1.82) is 0 Å². The molecule has 124 valence electrons. The first-order chi connectivity index (χ1) is 11.4. The quantitative estimate of drug-likeness (QED) is 0.703. The maximum atomic E-state index is 12.3. The van der Waals surface area contributed by atoms with E-state index >= 15 is 0 Å². The maximum Gasteiger partial charge on any atom is 0.332 e. The van der Waals surface area contributed by atoms with Crippen molar-refractivity contribution in [3.8, 4) is 0 Å². The molecule has 1 aromatic carbocycles. The van der Waals surface area contributed by atoms with Gasteiger partial charge in [0.2, 0.25) is 0 Å². The molecule has 2 aromatic heterocycles. The number of carbonyl (C=O) groups is 1. The van der Waals surface area contributed by atoms with Crippen LogP contribution in [0.4, 0.5) is 0 Å².